The number of rotatable bonds is 2. The molecule has 0 amide bonds. The largest absolute Gasteiger partial charge is 0.391 e. The molecule has 0 aromatic rings. The molecular formula is C11H16F3N3. The van der Waals surface area contributed by atoms with Gasteiger partial charge in [-0.05, 0) is 25.9 Å². The number of alkyl halides is 3. The third-order valence-corrected chi connectivity index (χ3v) is 3.94. The number of likely N-dealkylation sites (tertiary alicyclic amines) is 1. The maximum Gasteiger partial charge on any atom is 0.391 e. The number of halogens is 3. The van der Waals surface area contributed by atoms with Crippen molar-refractivity contribution in [1.29, 1.82) is 5.26 Å². The van der Waals surface area contributed by atoms with E-state index in [1.54, 1.807) is 0 Å². The molecule has 1 N–H and O–H groups in total. The van der Waals surface area contributed by atoms with Gasteiger partial charge in [-0.15, -0.1) is 0 Å². The minimum absolute atomic E-state index is 0.163. The zero-order valence-electron chi connectivity index (χ0n) is 9.56. The van der Waals surface area contributed by atoms with Crippen molar-refractivity contribution in [2.75, 3.05) is 26.2 Å². The molecule has 0 unspecified atom stereocenters. The Balaban J connectivity index is 1.93. The first-order valence-corrected chi connectivity index (χ1v) is 5.87. The smallest absolute Gasteiger partial charge is 0.313 e. The fraction of sp³-hybridized carbons (Fsp3) is 0.909. The standard InChI is InChI=1S/C11H16F3N3/c12-11(13,14)9-1-5-17(6-2-9)10(3-4-15)7-16-8-10/h9,16H,1-3,5-8H2. The second-order valence-corrected chi connectivity index (χ2v) is 4.97. The molecule has 0 aromatic carbocycles. The molecule has 0 atom stereocenters. The maximum absolute atomic E-state index is 12.5. The van der Waals surface area contributed by atoms with Crippen LogP contribution in [0, 0.1) is 17.2 Å². The first-order chi connectivity index (χ1) is 7.98. The van der Waals surface area contributed by atoms with Gasteiger partial charge in [0.05, 0.1) is 23.9 Å². The summed E-state index contributed by atoms with van der Waals surface area (Å²) in [6.07, 6.45) is -3.34. The fourth-order valence-corrected chi connectivity index (χ4v) is 2.70. The van der Waals surface area contributed by atoms with Crippen LogP contribution in [-0.4, -0.2) is 42.8 Å². The number of nitriles is 1. The van der Waals surface area contributed by atoms with Gasteiger partial charge >= 0.3 is 6.18 Å². The van der Waals surface area contributed by atoms with E-state index in [0.717, 1.165) is 13.1 Å². The average Bonchev–Trinajstić information content (AvgIpc) is 2.22. The lowest BCUT2D eigenvalue weighted by Crippen LogP contribution is -2.70. The van der Waals surface area contributed by atoms with Crippen molar-refractivity contribution in [3.05, 3.63) is 0 Å². The molecule has 0 spiro atoms. The van der Waals surface area contributed by atoms with Crippen molar-refractivity contribution in [2.24, 2.45) is 5.92 Å². The van der Waals surface area contributed by atoms with Gasteiger partial charge in [-0.25, -0.2) is 0 Å². The zero-order chi connectivity index (χ0) is 12.5. The SMILES string of the molecule is N#CCC1(N2CCC(C(F)(F)F)CC2)CNC1. The summed E-state index contributed by atoms with van der Waals surface area (Å²) in [5, 5.41) is 11.9. The molecular weight excluding hydrogens is 231 g/mol. The van der Waals surface area contributed by atoms with Crippen LogP contribution in [0.1, 0.15) is 19.3 Å². The van der Waals surface area contributed by atoms with E-state index < -0.39 is 12.1 Å². The molecule has 6 heteroatoms. The Hall–Kier alpha value is -0.800. The lowest BCUT2D eigenvalue weighted by atomic mass is 9.83. The van der Waals surface area contributed by atoms with Crippen molar-refractivity contribution in [2.45, 2.75) is 31.0 Å². The predicted molar refractivity (Wildman–Crippen MR) is 56.2 cm³/mol. The Morgan fingerprint density at radius 1 is 1.29 bits per heavy atom. The van der Waals surface area contributed by atoms with E-state index in [4.69, 9.17) is 5.26 Å². The number of nitrogens with one attached hydrogen (secondary N) is 1. The molecule has 2 aliphatic rings. The summed E-state index contributed by atoms with van der Waals surface area (Å²) in [7, 11) is 0. The molecule has 0 aromatic heterocycles. The van der Waals surface area contributed by atoms with Crippen molar-refractivity contribution in [3.8, 4) is 6.07 Å². The molecule has 0 saturated carbocycles. The van der Waals surface area contributed by atoms with Gasteiger partial charge in [-0.3, -0.25) is 4.90 Å². The highest BCUT2D eigenvalue weighted by atomic mass is 19.4. The van der Waals surface area contributed by atoms with E-state index in [1.165, 1.54) is 0 Å². The second-order valence-electron chi connectivity index (χ2n) is 4.97. The van der Waals surface area contributed by atoms with Crippen molar-refractivity contribution in [3.63, 3.8) is 0 Å². The van der Waals surface area contributed by atoms with Crippen LogP contribution in [-0.2, 0) is 0 Å². The average molecular weight is 247 g/mol. The summed E-state index contributed by atoms with van der Waals surface area (Å²) in [5.74, 6) is -1.16. The van der Waals surface area contributed by atoms with Gasteiger partial charge in [-0.1, -0.05) is 0 Å². The quantitative estimate of drug-likeness (QED) is 0.804. The van der Waals surface area contributed by atoms with Crippen molar-refractivity contribution < 1.29 is 13.2 Å². The highest BCUT2D eigenvalue weighted by molar-refractivity contribution is 5.07. The summed E-state index contributed by atoms with van der Waals surface area (Å²) >= 11 is 0. The summed E-state index contributed by atoms with van der Waals surface area (Å²) < 4.78 is 37.6. The van der Waals surface area contributed by atoms with Gasteiger partial charge < -0.3 is 5.32 Å². The lowest BCUT2D eigenvalue weighted by Gasteiger charge is -2.52. The monoisotopic (exact) mass is 247 g/mol. The summed E-state index contributed by atoms with van der Waals surface area (Å²) in [4.78, 5) is 2.06. The predicted octanol–water partition coefficient (Wildman–Crippen LogP) is 1.52. The van der Waals surface area contributed by atoms with Crippen LogP contribution in [0.5, 0.6) is 0 Å². The molecule has 2 aliphatic heterocycles. The molecule has 0 aliphatic carbocycles. The summed E-state index contributed by atoms with van der Waals surface area (Å²) in [5.41, 5.74) is -0.203. The highest BCUT2D eigenvalue weighted by Gasteiger charge is 2.47. The molecule has 3 nitrogen and oxygen atoms in total. The van der Waals surface area contributed by atoms with E-state index in [-0.39, 0.29) is 18.4 Å². The van der Waals surface area contributed by atoms with E-state index >= 15 is 0 Å². The Morgan fingerprint density at radius 2 is 1.88 bits per heavy atom. The minimum Gasteiger partial charge on any atom is -0.313 e. The first kappa shape index (κ1) is 12.7. The van der Waals surface area contributed by atoms with Gasteiger partial charge in [0.25, 0.3) is 0 Å². The van der Waals surface area contributed by atoms with Gasteiger partial charge in [0, 0.05) is 13.1 Å². The van der Waals surface area contributed by atoms with Crippen LogP contribution in [0.4, 0.5) is 13.2 Å². The lowest BCUT2D eigenvalue weighted by molar-refractivity contribution is -0.189. The van der Waals surface area contributed by atoms with Crippen molar-refractivity contribution >= 4 is 0 Å². The zero-order valence-corrected chi connectivity index (χ0v) is 9.56. The number of hydrogen-bond donors (Lipinski definition) is 1. The van der Waals surface area contributed by atoms with E-state index in [1.807, 2.05) is 0 Å². The molecule has 2 heterocycles. The minimum atomic E-state index is -4.06. The molecule has 0 bridgehead atoms. The number of piperidine rings is 1. The molecule has 2 rings (SSSR count). The third-order valence-electron chi connectivity index (χ3n) is 3.94. The van der Waals surface area contributed by atoms with Gasteiger partial charge in [-0.2, -0.15) is 18.4 Å². The first-order valence-electron chi connectivity index (χ1n) is 5.87. The summed E-state index contributed by atoms with van der Waals surface area (Å²) in [6.45, 7) is 2.34. The van der Waals surface area contributed by atoms with Crippen LogP contribution < -0.4 is 5.32 Å². The van der Waals surface area contributed by atoms with Crippen LogP contribution in [0.25, 0.3) is 0 Å². The molecule has 0 radical (unpaired) electrons. The third kappa shape index (κ3) is 2.40. The van der Waals surface area contributed by atoms with E-state index in [0.29, 0.717) is 19.5 Å². The Morgan fingerprint density at radius 3 is 2.24 bits per heavy atom. The van der Waals surface area contributed by atoms with Gasteiger partial charge in [0.15, 0.2) is 0 Å². The van der Waals surface area contributed by atoms with E-state index in [2.05, 4.69) is 16.3 Å². The van der Waals surface area contributed by atoms with Crippen molar-refractivity contribution in [1.82, 2.24) is 10.2 Å². The Labute approximate surface area is 98.6 Å². The second kappa shape index (κ2) is 4.46. The molecule has 17 heavy (non-hydrogen) atoms. The maximum atomic E-state index is 12.5. The highest BCUT2D eigenvalue weighted by Crippen LogP contribution is 2.37. The normalized spacial score (nSPS) is 26.2. The molecule has 2 fully saturated rings. The number of hydrogen-bond acceptors (Lipinski definition) is 3. The molecule has 96 valence electrons. The van der Waals surface area contributed by atoms with Crippen LogP contribution in [0.15, 0.2) is 0 Å². The Kier molecular flexibility index (Phi) is 3.32. The van der Waals surface area contributed by atoms with Gasteiger partial charge in [0.2, 0.25) is 0 Å². The fourth-order valence-electron chi connectivity index (χ4n) is 2.70. The van der Waals surface area contributed by atoms with Crippen LogP contribution >= 0.6 is 0 Å². The van der Waals surface area contributed by atoms with Crippen LogP contribution in [0.2, 0.25) is 0 Å². The number of nitrogens with zero attached hydrogens (tertiary/aromatic N) is 2. The van der Waals surface area contributed by atoms with Crippen LogP contribution in [0.3, 0.4) is 0 Å². The summed E-state index contributed by atoms with van der Waals surface area (Å²) in [6, 6.07) is 2.15. The van der Waals surface area contributed by atoms with E-state index in [9.17, 15) is 13.2 Å². The topological polar surface area (TPSA) is 39.1 Å². The molecule has 2 saturated heterocycles. The van der Waals surface area contributed by atoms with Gasteiger partial charge in [0.1, 0.15) is 0 Å². The Bertz CT molecular complexity index is 309.